The van der Waals surface area contributed by atoms with E-state index in [1.54, 1.807) is 6.07 Å². The van der Waals surface area contributed by atoms with E-state index in [1.165, 1.54) is 5.56 Å². The Labute approximate surface area is 190 Å². The van der Waals surface area contributed by atoms with E-state index in [1.807, 2.05) is 61.5 Å². The first kappa shape index (κ1) is 23.1. The van der Waals surface area contributed by atoms with Gasteiger partial charge >= 0.3 is 0 Å². The average Bonchev–Trinajstić information content (AvgIpc) is 2.78. The highest BCUT2D eigenvalue weighted by atomic mass is 16.2. The number of aryl methyl sites for hydroxylation is 1. The van der Waals surface area contributed by atoms with Crippen LogP contribution in [0.25, 0.3) is 0 Å². The van der Waals surface area contributed by atoms with Gasteiger partial charge < -0.3 is 16.0 Å². The zero-order chi connectivity index (χ0) is 22.9. The summed E-state index contributed by atoms with van der Waals surface area (Å²) in [6.07, 6.45) is 0.754. The molecule has 166 valence electrons. The highest BCUT2D eigenvalue weighted by molar-refractivity contribution is 5.96. The smallest absolute Gasteiger partial charge is 0.251 e. The second-order valence-corrected chi connectivity index (χ2v) is 8.35. The van der Waals surface area contributed by atoms with Gasteiger partial charge in [0.05, 0.1) is 6.54 Å². The Kier molecular flexibility index (Phi) is 8.03. The zero-order valence-corrected chi connectivity index (χ0v) is 18.9. The third-order valence-electron chi connectivity index (χ3n) is 5.13. The number of hydrogen-bond acceptors (Lipinski definition) is 3. The highest BCUT2D eigenvalue weighted by Gasteiger charge is 2.10. The summed E-state index contributed by atoms with van der Waals surface area (Å²) < 4.78 is 0. The van der Waals surface area contributed by atoms with E-state index in [-0.39, 0.29) is 18.4 Å². The molecule has 3 N–H and O–H groups in total. The molecule has 0 aliphatic carbocycles. The molecule has 5 heteroatoms. The van der Waals surface area contributed by atoms with Gasteiger partial charge in [-0.2, -0.15) is 0 Å². The van der Waals surface area contributed by atoms with Crippen LogP contribution in [-0.2, 0) is 11.2 Å². The molecule has 0 aromatic heterocycles. The topological polar surface area (TPSA) is 70.2 Å². The van der Waals surface area contributed by atoms with Gasteiger partial charge in [0.15, 0.2) is 0 Å². The van der Waals surface area contributed by atoms with Gasteiger partial charge in [-0.05, 0) is 60.2 Å². The monoisotopic (exact) mass is 429 g/mol. The molecule has 0 radical (unpaired) electrons. The minimum absolute atomic E-state index is 0.0823. The molecule has 0 aliphatic rings. The predicted molar refractivity (Wildman–Crippen MR) is 131 cm³/mol. The molecule has 3 aromatic rings. The van der Waals surface area contributed by atoms with Crippen molar-refractivity contribution in [2.45, 2.75) is 27.2 Å². The third-order valence-corrected chi connectivity index (χ3v) is 5.13. The Bertz CT molecular complexity index is 1060. The Morgan fingerprint density at radius 3 is 2.31 bits per heavy atom. The van der Waals surface area contributed by atoms with Crippen LogP contribution >= 0.6 is 0 Å². The summed E-state index contributed by atoms with van der Waals surface area (Å²) in [7, 11) is 0. The van der Waals surface area contributed by atoms with Crippen molar-refractivity contribution in [1.82, 2.24) is 5.32 Å². The summed E-state index contributed by atoms with van der Waals surface area (Å²) in [5, 5.41) is 9.11. The number of benzene rings is 3. The van der Waals surface area contributed by atoms with E-state index in [0.717, 1.165) is 28.9 Å². The minimum atomic E-state index is -0.122. The van der Waals surface area contributed by atoms with E-state index in [9.17, 15) is 9.59 Å². The number of rotatable bonds is 9. The summed E-state index contributed by atoms with van der Waals surface area (Å²) in [6, 6.07) is 23.5. The maximum Gasteiger partial charge on any atom is 0.251 e. The Morgan fingerprint density at radius 1 is 0.875 bits per heavy atom. The van der Waals surface area contributed by atoms with E-state index in [2.05, 4.69) is 41.9 Å². The van der Waals surface area contributed by atoms with E-state index >= 15 is 0 Å². The Balaban J connectivity index is 1.58. The second-order valence-electron chi connectivity index (χ2n) is 8.35. The largest absolute Gasteiger partial charge is 0.376 e. The van der Waals surface area contributed by atoms with Gasteiger partial charge in [0.25, 0.3) is 5.91 Å². The van der Waals surface area contributed by atoms with Crippen LogP contribution in [0.4, 0.5) is 11.4 Å². The van der Waals surface area contributed by atoms with Crippen molar-refractivity contribution in [3.63, 3.8) is 0 Å². The van der Waals surface area contributed by atoms with Gasteiger partial charge in [-0.15, -0.1) is 0 Å². The van der Waals surface area contributed by atoms with Crippen LogP contribution in [0.3, 0.4) is 0 Å². The Morgan fingerprint density at radius 2 is 1.59 bits per heavy atom. The van der Waals surface area contributed by atoms with Crippen LogP contribution in [0, 0.1) is 12.8 Å². The van der Waals surface area contributed by atoms with Crippen LogP contribution in [0.1, 0.15) is 40.9 Å². The molecule has 0 bridgehead atoms. The van der Waals surface area contributed by atoms with Crippen molar-refractivity contribution in [3.05, 3.63) is 95.1 Å². The van der Waals surface area contributed by atoms with Crippen molar-refractivity contribution in [3.8, 4) is 0 Å². The van der Waals surface area contributed by atoms with Crippen molar-refractivity contribution >= 4 is 23.2 Å². The van der Waals surface area contributed by atoms with E-state index in [0.29, 0.717) is 18.0 Å². The lowest BCUT2D eigenvalue weighted by atomic mass is 10.0. The number of carbonyl (C=O) groups excluding carboxylic acids is 2. The first-order valence-electron chi connectivity index (χ1n) is 11.0. The fourth-order valence-corrected chi connectivity index (χ4v) is 3.38. The molecule has 0 atom stereocenters. The molecule has 5 nitrogen and oxygen atoms in total. The van der Waals surface area contributed by atoms with Gasteiger partial charge in [-0.25, -0.2) is 0 Å². The van der Waals surface area contributed by atoms with E-state index < -0.39 is 0 Å². The third kappa shape index (κ3) is 6.71. The first-order valence-corrected chi connectivity index (χ1v) is 11.0. The van der Waals surface area contributed by atoms with Crippen LogP contribution in [0.15, 0.2) is 72.8 Å². The molecular weight excluding hydrogens is 398 g/mol. The van der Waals surface area contributed by atoms with Crippen LogP contribution in [0.2, 0.25) is 0 Å². The lowest BCUT2D eigenvalue weighted by molar-refractivity contribution is -0.114. The number of amides is 2. The summed E-state index contributed by atoms with van der Waals surface area (Å²) in [4.78, 5) is 24.8. The molecule has 0 saturated heterocycles. The van der Waals surface area contributed by atoms with Gasteiger partial charge in [0, 0.05) is 23.5 Å². The molecule has 32 heavy (non-hydrogen) atoms. The molecule has 0 spiro atoms. The maximum atomic E-state index is 12.6. The quantitative estimate of drug-likeness (QED) is 0.447. The van der Waals surface area contributed by atoms with Crippen molar-refractivity contribution in [2.75, 3.05) is 23.7 Å². The number of para-hydroxylation sites is 1. The SMILES string of the molecule is Cc1cc(C(=O)NCC(C)C)ccc1NCC(=O)Nc1ccccc1Cc1ccccc1. The van der Waals surface area contributed by atoms with Gasteiger partial charge in [-0.3, -0.25) is 9.59 Å². The molecular formula is C27H31N3O2. The second kappa shape index (κ2) is 11.1. The predicted octanol–water partition coefficient (Wildman–Crippen LogP) is 5.02. The normalized spacial score (nSPS) is 10.6. The van der Waals surface area contributed by atoms with E-state index in [4.69, 9.17) is 0 Å². The molecule has 0 fully saturated rings. The summed E-state index contributed by atoms with van der Waals surface area (Å²) >= 11 is 0. The van der Waals surface area contributed by atoms with Crippen molar-refractivity contribution in [2.24, 2.45) is 5.92 Å². The van der Waals surface area contributed by atoms with Crippen LogP contribution in [-0.4, -0.2) is 24.9 Å². The standard InChI is InChI=1S/C27H31N3O2/c1-19(2)17-29-27(32)23-13-14-24(20(3)15-23)28-18-26(31)30-25-12-8-7-11-22(25)16-21-9-5-4-6-10-21/h4-15,19,28H,16-18H2,1-3H3,(H,29,32)(H,30,31). The Hall–Kier alpha value is -3.60. The molecule has 0 saturated carbocycles. The highest BCUT2D eigenvalue weighted by Crippen LogP contribution is 2.20. The fourth-order valence-electron chi connectivity index (χ4n) is 3.38. The maximum absolute atomic E-state index is 12.6. The molecule has 2 amide bonds. The fraction of sp³-hybridized carbons (Fsp3) is 0.259. The zero-order valence-electron chi connectivity index (χ0n) is 18.9. The number of anilines is 2. The number of nitrogens with one attached hydrogen (secondary N) is 3. The summed E-state index contributed by atoms with van der Waals surface area (Å²) in [5.41, 5.74) is 5.45. The molecule has 3 aromatic carbocycles. The van der Waals surface area contributed by atoms with Gasteiger partial charge in [0.1, 0.15) is 0 Å². The first-order chi connectivity index (χ1) is 15.4. The molecule has 0 unspecified atom stereocenters. The van der Waals surface area contributed by atoms with Gasteiger partial charge in [-0.1, -0.05) is 62.4 Å². The van der Waals surface area contributed by atoms with Crippen molar-refractivity contribution < 1.29 is 9.59 Å². The number of hydrogen-bond donors (Lipinski definition) is 3. The lowest BCUT2D eigenvalue weighted by Crippen LogP contribution is -2.27. The van der Waals surface area contributed by atoms with Crippen LogP contribution < -0.4 is 16.0 Å². The summed E-state index contributed by atoms with van der Waals surface area (Å²) in [6.45, 7) is 6.82. The van der Waals surface area contributed by atoms with Gasteiger partial charge in [0.2, 0.25) is 5.91 Å². The molecule has 0 heterocycles. The minimum Gasteiger partial charge on any atom is -0.376 e. The lowest BCUT2D eigenvalue weighted by Gasteiger charge is -2.14. The molecule has 3 rings (SSSR count). The van der Waals surface area contributed by atoms with Crippen LogP contribution in [0.5, 0.6) is 0 Å². The van der Waals surface area contributed by atoms with Crippen molar-refractivity contribution in [1.29, 1.82) is 0 Å². The molecule has 0 aliphatic heterocycles. The average molecular weight is 430 g/mol. The summed E-state index contributed by atoms with van der Waals surface area (Å²) in [5.74, 6) is 0.196. The number of carbonyl (C=O) groups is 2.